The fourth-order valence-electron chi connectivity index (χ4n) is 1.03. The van der Waals surface area contributed by atoms with Gasteiger partial charge in [-0.1, -0.05) is 6.07 Å². The summed E-state index contributed by atoms with van der Waals surface area (Å²) in [7, 11) is 1.50. The number of carbonyl (C=O) groups excluding carboxylic acids is 1. The lowest BCUT2D eigenvalue weighted by Crippen LogP contribution is -2.12. The number of pyridine rings is 1. The van der Waals surface area contributed by atoms with Crippen LogP contribution in [0.4, 0.5) is 5.82 Å². The molecule has 6 nitrogen and oxygen atoms in total. The molecule has 1 aromatic rings. The summed E-state index contributed by atoms with van der Waals surface area (Å²) in [5.74, 6) is -0.159. The van der Waals surface area contributed by atoms with Crippen LogP contribution in [0.15, 0.2) is 36.2 Å². The number of rotatable bonds is 6. The zero-order chi connectivity index (χ0) is 13.2. The van der Waals surface area contributed by atoms with Crippen LogP contribution >= 0.6 is 0 Å². The molecule has 0 atom stereocenters. The number of esters is 1. The van der Waals surface area contributed by atoms with Gasteiger partial charge in [0.15, 0.2) is 5.57 Å². The lowest BCUT2D eigenvalue weighted by atomic mass is 10.3. The van der Waals surface area contributed by atoms with Crippen molar-refractivity contribution in [1.82, 2.24) is 4.98 Å². The van der Waals surface area contributed by atoms with Gasteiger partial charge in [0.2, 0.25) is 0 Å². The predicted octanol–water partition coefficient (Wildman–Crippen LogP) is 1.09. The third kappa shape index (κ3) is 4.63. The number of nitriles is 1. The molecule has 1 rings (SSSR count). The molecule has 94 valence electrons. The molecule has 1 N–H and O–H groups in total. The predicted molar refractivity (Wildman–Crippen MR) is 64.4 cm³/mol. The largest absolute Gasteiger partial charge is 0.459 e. The van der Waals surface area contributed by atoms with Crippen LogP contribution in [0.3, 0.4) is 0 Å². The molecular formula is C12H13N3O3. The monoisotopic (exact) mass is 247 g/mol. The minimum Gasteiger partial charge on any atom is -0.459 e. The maximum atomic E-state index is 11.4. The van der Waals surface area contributed by atoms with Gasteiger partial charge in [-0.2, -0.15) is 5.26 Å². The molecule has 0 amide bonds. The molecule has 0 aromatic carbocycles. The minimum absolute atomic E-state index is 0.109. The van der Waals surface area contributed by atoms with Gasteiger partial charge in [0, 0.05) is 19.5 Å². The van der Waals surface area contributed by atoms with E-state index in [1.54, 1.807) is 30.5 Å². The normalized spacial score (nSPS) is 10.6. The number of hydrogen-bond acceptors (Lipinski definition) is 6. The SMILES string of the molecule is COCCOC(=O)/C(C#N)=C/Nc1ccccn1. The first-order valence-corrected chi connectivity index (χ1v) is 5.22. The number of anilines is 1. The van der Waals surface area contributed by atoms with Gasteiger partial charge >= 0.3 is 5.97 Å². The van der Waals surface area contributed by atoms with Crippen molar-refractivity contribution in [2.45, 2.75) is 0 Å². The number of nitrogens with zero attached hydrogens (tertiary/aromatic N) is 2. The molecule has 0 fully saturated rings. The Balaban J connectivity index is 2.55. The summed E-state index contributed by atoms with van der Waals surface area (Å²) in [6, 6.07) is 7.01. The van der Waals surface area contributed by atoms with E-state index in [0.29, 0.717) is 5.82 Å². The summed E-state index contributed by atoms with van der Waals surface area (Å²) in [4.78, 5) is 15.4. The van der Waals surface area contributed by atoms with Crippen LogP contribution in [0.25, 0.3) is 0 Å². The van der Waals surface area contributed by atoms with Crippen LogP contribution in [-0.2, 0) is 14.3 Å². The number of methoxy groups -OCH3 is 1. The van der Waals surface area contributed by atoms with Crippen LogP contribution in [0.1, 0.15) is 0 Å². The Kier molecular flexibility index (Phi) is 5.94. The first kappa shape index (κ1) is 13.7. The Morgan fingerprint density at radius 3 is 3.00 bits per heavy atom. The lowest BCUT2D eigenvalue weighted by molar-refractivity contribution is -0.139. The van der Waals surface area contributed by atoms with Crippen molar-refractivity contribution < 1.29 is 14.3 Å². The lowest BCUT2D eigenvalue weighted by Gasteiger charge is -2.03. The Labute approximate surface area is 105 Å². The highest BCUT2D eigenvalue weighted by Crippen LogP contribution is 2.02. The summed E-state index contributed by atoms with van der Waals surface area (Å²) >= 11 is 0. The van der Waals surface area contributed by atoms with E-state index in [4.69, 9.17) is 14.7 Å². The van der Waals surface area contributed by atoms with Crippen LogP contribution < -0.4 is 5.32 Å². The number of nitrogens with one attached hydrogen (secondary N) is 1. The number of ether oxygens (including phenoxy) is 2. The second-order valence-electron chi connectivity index (χ2n) is 3.16. The van der Waals surface area contributed by atoms with E-state index in [2.05, 4.69) is 10.3 Å². The van der Waals surface area contributed by atoms with E-state index in [0.717, 1.165) is 0 Å². The fraction of sp³-hybridized carbons (Fsp3) is 0.250. The highest BCUT2D eigenvalue weighted by molar-refractivity contribution is 5.93. The van der Waals surface area contributed by atoms with E-state index < -0.39 is 5.97 Å². The second kappa shape index (κ2) is 7.81. The molecule has 1 aromatic heterocycles. The highest BCUT2D eigenvalue weighted by Gasteiger charge is 2.09. The van der Waals surface area contributed by atoms with E-state index in [-0.39, 0.29) is 18.8 Å². The quantitative estimate of drug-likeness (QED) is 0.350. The van der Waals surface area contributed by atoms with Gasteiger partial charge < -0.3 is 14.8 Å². The second-order valence-corrected chi connectivity index (χ2v) is 3.16. The topological polar surface area (TPSA) is 84.2 Å². The molecule has 0 spiro atoms. The average molecular weight is 247 g/mol. The molecule has 0 bridgehead atoms. The van der Waals surface area contributed by atoms with Gasteiger partial charge in [0.05, 0.1) is 6.61 Å². The van der Waals surface area contributed by atoms with Gasteiger partial charge in [-0.05, 0) is 12.1 Å². The zero-order valence-electron chi connectivity index (χ0n) is 9.92. The molecule has 0 saturated carbocycles. The van der Waals surface area contributed by atoms with Crippen molar-refractivity contribution in [2.24, 2.45) is 0 Å². The Morgan fingerprint density at radius 1 is 1.56 bits per heavy atom. The summed E-state index contributed by atoms with van der Waals surface area (Å²) in [5.41, 5.74) is -0.128. The number of hydrogen-bond donors (Lipinski definition) is 1. The van der Waals surface area contributed by atoms with Gasteiger partial charge in [0.25, 0.3) is 0 Å². The molecule has 0 aliphatic heterocycles. The molecular weight excluding hydrogens is 234 g/mol. The molecule has 0 aliphatic rings. The van der Waals surface area contributed by atoms with E-state index in [1.807, 2.05) is 0 Å². The molecule has 1 heterocycles. The Hall–Kier alpha value is -2.39. The van der Waals surface area contributed by atoms with Crippen molar-refractivity contribution in [3.8, 4) is 6.07 Å². The number of aromatic nitrogens is 1. The highest BCUT2D eigenvalue weighted by atomic mass is 16.6. The zero-order valence-corrected chi connectivity index (χ0v) is 9.92. The van der Waals surface area contributed by atoms with E-state index >= 15 is 0 Å². The van der Waals surface area contributed by atoms with Gasteiger partial charge in [-0.15, -0.1) is 0 Å². The van der Waals surface area contributed by atoms with Crippen LogP contribution in [0, 0.1) is 11.3 Å². The third-order valence-electron chi connectivity index (χ3n) is 1.89. The van der Waals surface area contributed by atoms with Crippen molar-refractivity contribution >= 4 is 11.8 Å². The van der Waals surface area contributed by atoms with Gasteiger partial charge in [0.1, 0.15) is 18.5 Å². The fourth-order valence-corrected chi connectivity index (χ4v) is 1.03. The molecule has 6 heteroatoms. The molecule has 18 heavy (non-hydrogen) atoms. The van der Waals surface area contributed by atoms with E-state index in [9.17, 15) is 4.79 Å². The smallest absolute Gasteiger partial charge is 0.350 e. The van der Waals surface area contributed by atoms with Gasteiger partial charge in [-0.3, -0.25) is 0 Å². The minimum atomic E-state index is -0.696. The standard InChI is InChI=1S/C12H13N3O3/c1-17-6-7-18-12(16)10(8-13)9-15-11-4-2-3-5-14-11/h2-5,9H,6-7H2,1H3,(H,14,15)/b10-9+. The van der Waals surface area contributed by atoms with Crippen molar-refractivity contribution in [2.75, 3.05) is 25.6 Å². The summed E-state index contributed by atoms with van der Waals surface area (Å²) < 4.78 is 9.54. The number of carbonyl (C=O) groups is 1. The third-order valence-corrected chi connectivity index (χ3v) is 1.89. The summed E-state index contributed by atoms with van der Waals surface area (Å²) in [6.07, 6.45) is 2.86. The van der Waals surface area contributed by atoms with E-state index in [1.165, 1.54) is 13.3 Å². The summed E-state index contributed by atoms with van der Waals surface area (Å²) in [5, 5.41) is 11.6. The molecule has 0 unspecified atom stereocenters. The molecule has 0 aliphatic carbocycles. The summed E-state index contributed by atoms with van der Waals surface area (Å²) in [6.45, 7) is 0.399. The first-order chi connectivity index (χ1) is 8.77. The molecule has 0 radical (unpaired) electrons. The van der Waals surface area contributed by atoms with Crippen LogP contribution in [0.5, 0.6) is 0 Å². The molecule has 0 saturated heterocycles. The van der Waals surface area contributed by atoms with Crippen molar-refractivity contribution in [3.63, 3.8) is 0 Å². The van der Waals surface area contributed by atoms with Crippen molar-refractivity contribution in [3.05, 3.63) is 36.2 Å². The van der Waals surface area contributed by atoms with Crippen molar-refractivity contribution in [1.29, 1.82) is 5.26 Å². The maximum Gasteiger partial charge on any atom is 0.350 e. The first-order valence-electron chi connectivity index (χ1n) is 5.22. The maximum absolute atomic E-state index is 11.4. The Bertz CT molecular complexity index is 451. The average Bonchev–Trinajstić information content (AvgIpc) is 2.41. The van der Waals surface area contributed by atoms with Crippen LogP contribution in [-0.4, -0.2) is 31.3 Å². The van der Waals surface area contributed by atoms with Gasteiger partial charge in [-0.25, -0.2) is 9.78 Å². The Morgan fingerprint density at radius 2 is 2.39 bits per heavy atom. The van der Waals surface area contributed by atoms with Crippen LogP contribution in [0.2, 0.25) is 0 Å².